The van der Waals surface area contributed by atoms with E-state index in [-0.39, 0.29) is 17.9 Å². The summed E-state index contributed by atoms with van der Waals surface area (Å²) in [5, 5.41) is 4.13. The van der Waals surface area contributed by atoms with Crippen molar-refractivity contribution in [3.05, 3.63) is 101 Å². The number of hydrogen-bond donors (Lipinski definition) is 2. The largest absolute Gasteiger partial charge is 0.416 e. The van der Waals surface area contributed by atoms with Gasteiger partial charge in [0.25, 0.3) is 11.8 Å². The van der Waals surface area contributed by atoms with Crippen LogP contribution in [0.15, 0.2) is 67.0 Å². The minimum Gasteiger partial charge on any atom is -0.358 e. The first-order valence-electron chi connectivity index (χ1n) is 13.8. The normalized spacial score (nSPS) is 16.5. The van der Waals surface area contributed by atoms with Gasteiger partial charge in [0, 0.05) is 85.3 Å². The summed E-state index contributed by atoms with van der Waals surface area (Å²) in [5.41, 5.74) is 4.59. The number of carbonyl (C=O) groups excluding carboxylic acids is 2. The molecule has 0 radical (unpaired) electrons. The first-order valence-corrected chi connectivity index (χ1v) is 13.8. The Bertz CT molecular complexity index is 1560. The highest BCUT2D eigenvalue weighted by Gasteiger charge is 2.30. The minimum absolute atomic E-state index is 0.0148. The Kier molecular flexibility index (Phi) is 7.25. The lowest BCUT2D eigenvalue weighted by atomic mass is 10.0. The molecule has 2 N–H and O–H groups in total. The standard InChI is InChI=1S/C31H30F3N5O2/c32-31(33,34)23-4-1-20(2-5-23)18-38-14-11-28-26(19-38)25-17-22(3-6-27(25)37-28)29(40)36-24-9-15-39(16-10-24)30(41)21-7-12-35-13-8-21/h1-8,12-13,17,24,37H,9-11,14-16,18-19H2,(H,36,40). The van der Waals surface area contributed by atoms with Gasteiger partial charge in [-0.1, -0.05) is 12.1 Å². The number of aromatic amines is 1. The number of piperidine rings is 1. The zero-order chi connectivity index (χ0) is 28.6. The van der Waals surface area contributed by atoms with Crippen molar-refractivity contribution in [2.24, 2.45) is 0 Å². The van der Waals surface area contributed by atoms with Gasteiger partial charge in [0.05, 0.1) is 5.56 Å². The van der Waals surface area contributed by atoms with E-state index >= 15 is 0 Å². The van der Waals surface area contributed by atoms with Crippen LogP contribution in [-0.2, 0) is 25.7 Å². The first kappa shape index (κ1) is 27.0. The summed E-state index contributed by atoms with van der Waals surface area (Å²) >= 11 is 0. The number of hydrogen-bond acceptors (Lipinski definition) is 4. The zero-order valence-corrected chi connectivity index (χ0v) is 22.4. The molecule has 6 rings (SSSR count). The number of carbonyl (C=O) groups is 2. The van der Waals surface area contributed by atoms with E-state index in [4.69, 9.17) is 0 Å². The second kappa shape index (κ2) is 11.0. The summed E-state index contributed by atoms with van der Waals surface area (Å²) in [4.78, 5) is 37.4. The lowest BCUT2D eigenvalue weighted by molar-refractivity contribution is -0.137. The maximum absolute atomic E-state index is 13.2. The number of pyridine rings is 1. The molecule has 4 heterocycles. The van der Waals surface area contributed by atoms with E-state index in [2.05, 4.69) is 20.2 Å². The Morgan fingerprint density at radius 1 is 0.951 bits per heavy atom. The molecule has 2 aliphatic rings. The predicted octanol–water partition coefficient (Wildman–Crippen LogP) is 5.17. The van der Waals surface area contributed by atoms with E-state index in [0.29, 0.717) is 50.1 Å². The molecule has 0 unspecified atom stereocenters. The Labute approximate surface area is 235 Å². The fourth-order valence-corrected chi connectivity index (χ4v) is 5.78. The summed E-state index contributed by atoms with van der Waals surface area (Å²) in [6.07, 6.45) is 1.03. The van der Waals surface area contributed by atoms with E-state index in [1.807, 2.05) is 23.1 Å². The van der Waals surface area contributed by atoms with Gasteiger partial charge in [0.2, 0.25) is 0 Å². The number of likely N-dealkylation sites (tertiary alicyclic amines) is 1. The van der Waals surface area contributed by atoms with E-state index in [9.17, 15) is 22.8 Å². The smallest absolute Gasteiger partial charge is 0.358 e. The number of fused-ring (bicyclic) bond motifs is 3. The van der Waals surface area contributed by atoms with Crippen LogP contribution >= 0.6 is 0 Å². The molecule has 1 saturated heterocycles. The van der Waals surface area contributed by atoms with Crippen LogP contribution in [0.25, 0.3) is 10.9 Å². The number of benzene rings is 2. The van der Waals surface area contributed by atoms with Gasteiger partial charge < -0.3 is 15.2 Å². The molecule has 212 valence electrons. The fraction of sp³-hybridized carbons (Fsp3) is 0.323. The van der Waals surface area contributed by atoms with Crippen molar-refractivity contribution in [1.29, 1.82) is 0 Å². The summed E-state index contributed by atoms with van der Waals surface area (Å²) in [6.45, 7) is 3.13. The van der Waals surface area contributed by atoms with Crippen molar-refractivity contribution in [3.8, 4) is 0 Å². The van der Waals surface area contributed by atoms with Gasteiger partial charge in [-0.2, -0.15) is 13.2 Å². The topological polar surface area (TPSA) is 81.3 Å². The fourth-order valence-electron chi connectivity index (χ4n) is 5.78. The Hall–Kier alpha value is -4.18. The molecule has 0 saturated carbocycles. The highest BCUT2D eigenvalue weighted by Crippen LogP contribution is 2.31. The molecule has 2 aromatic carbocycles. The Balaban J connectivity index is 1.09. The van der Waals surface area contributed by atoms with Crippen LogP contribution in [0.3, 0.4) is 0 Å². The molecular weight excluding hydrogens is 531 g/mol. The summed E-state index contributed by atoms with van der Waals surface area (Å²) < 4.78 is 38.8. The van der Waals surface area contributed by atoms with Crippen LogP contribution in [-0.4, -0.2) is 57.3 Å². The number of alkyl halides is 3. The second-order valence-corrected chi connectivity index (χ2v) is 10.8. The lowest BCUT2D eigenvalue weighted by Gasteiger charge is -2.32. The molecule has 2 amide bonds. The van der Waals surface area contributed by atoms with Crippen LogP contribution in [0.1, 0.15) is 55.9 Å². The molecule has 0 atom stereocenters. The molecule has 0 aliphatic carbocycles. The molecule has 0 spiro atoms. The van der Waals surface area contributed by atoms with Gasteiger partial charge in [-0.25, -0.2) is 0 Å². The molecule has 2 aliphatic heterocycles. The average molecular weight is 562 g/mol. The average Bonchev–Trinajstić information content (AvgIpc) is 3.35. The maximum atomic E-state index is 13.2. The monoisotopic (exact) mass is 561 g/mol. The number of rotatable bonds is 5. The van der Waals surface area contributed by atoms with Crippen molar-refractivity contribution < 1.29 is 22.8 Å². The van der Waals surface area contributed by atoms with Gasteiger partial charge >= 0.3 is 6.18 Å². The van der Waals surface area contributed by atoms with E-state index in [1.54, 1.807) is 24.5 Å². The molecule has 4 aromatic rings. The molecule has 1 fully saturated rings. The number of amides is 2. The number of nitrogens with zero attached hydrogens (tertiary/aromatic N) is 3. The number of nitrogens with one attached hydrogen (secondary N) is 2. The van der Waals surface area contributed by atoms with Gasteiger partial charge in [0.1, 0.15) is 0 Å². The van der Waals surface area contributed by atoms with Gasteiger partial charge in [0.15, 0.2) is 0 Å². The summed E-state index contributed by atoms with van der Waals surface area (Å²) in [7, 11) is 0. The Morgan fingerprint density at radius 2 is 1.68 bits per heavy atom. The number of H-pyrrole nitrogens is 1. The SMILES string of the molecule is O=C(NC1CCN(C(=O)c2ccncc2)CC1)c1ccc2[nH]c3c(c2c1)CN(Cc1ccc(C(F)(F)F)cc1)CC3. The summed E-state index contributed by atoms with van der Waals surface area (Å²) in [5.74, 6) is -0.162. The number of halogens is 3. The highest BCUT2D eigenvalue weighted by molar-refractivity contribution is 5.99. The molecule has 10 heteroatoms. The molecule has 41 heavy (non-hydrogen) atoms. The minimum atomic E-state index is -4.34. The molecular formula is C31H30F3N5O2. The molecule has 2 aromatic heterocycles. The van der Waals surface area contributed by atoms with Gasteiger partial charge in [-0.05, 0) is 66.4 Å². The zero-order valence-electron chi connectivity index (χ0n) is 22.4. The molecule has 7 nitrogen and oxygen atoms in total. The predicted molar refractivity (Wildman–Crippen MR) is 148 cm³/mol. The van der Waals surface area contributed by atoms with Crippen LogP contribution in [0.2, 0.25) is 0 Å². The molecule has 0 bridgehead atoms. The highest BCUT2D eigenvalue weighted by atomic mass is 19.4. The third kappa shape index (κ3) is 5.83. The first-order chi connectivity index (χ1) is 19.7. The van der Waals surface area contributed by atoms with Crippen LogP contribution in [0.4, 0.5) is 13.2 Å². The van der Waals surface area contributed by atoms with Crippen LogP contribution in [0.5, 0.6) is 0 Å². The van der Waals surface area contributed by atoms with E-state index in [1.165, 1.54) is 12.1 Å². The maximum Gasteiger partial charge on any atom is 0.416 e. The summed E-state index contributed by atoms with van der Waals surface area (Å²) in [6, 6.07) is 14.4. The lowest BCUT2D eigenvalue weighted by Crippen LogP contribution is -2.46. The quantitative estimate of drug-likeness (QED) is 0.352. The third-order valence-corrected chi connectivity index (χ3v) is 8.05. The van der Waals surface area contributed by atoms with Crippen molar-refractivity contribution in [3.63, 3.8) is 0 Å². The van der Waals surface area contributed by atoms with E-state index in [0.717, 1.165) is 52.8 Å². The number of aromatic nitrogens is 2. The second-order valence-electron chi connectivity index (χ2n) is 10.8. The van der Waals surface area contributed by atoms with Crippen molar-refractivity contribution >= 4 is 22.7 Å². The van der Waals surface area contributed by atoms with Crippen LogP contribution in [0, 0.1) is 0 Å². The van der Waals surface area contributed by atoms with Crippen molar-refractivity contribution in [2.45, 2.75) is 44.6 Å². The van der Waals surface area contributed by atoms with Crippen LogP contribution < -0.4 is 5.32 Å². The van der Waals surface area contributed by atoms with Crippen molar-refractivity contribution in [2.75, 3.05) is 19.6 Å². The Morgan fingerprint density at radius 3 is 2.39 bits per heavy atom. The third-order valence-electron chi connectivity index (χ3n) is 8.05. The van der Waals surface area contributed by atoms with Gasteiger partial charge in [-0.3, -0.25) is 19.5 Å². The van der Waals surface area contributed by atoms with E-state index < -0.39 is 11.7 Å². The van der Waals surface area contributed by atoms with Gasteiger partial charge in [-0.15, -0.1) is 0 Å². The van der Waals surface area contributed by atoms with Crippen molar-refractivity contribution in [1.82, 2.24) is 25.1 Å².